The highest BCUT2D eigenvalue weighted by Gasteiger charge is 2.30. The Morgan fingerprint density at radius 2 is 1.89 bits per heavy atom. The minimum Gasteiger partial charge on any atom is -0.333 e. The molecule has 0 aliphatic heterocycles. The van der Waals surface area contributed by atoms with Crippen LogP contribution in [-0.4, -0.2) is 27.6 Å². The highest BCUT2D eigenvalue weighted by Crippen LogP contribution is 2.35. The summed E-state index contributed by atoms with van der Waals surface area (Å²) in [5.41, 5.74) is 2.30. The van der Waals surface area contributed by atoms with Gasteiger partial charge in [0, 0.05) is 18.8 Å². The van der Waals surface area contributed by atoms with Gasteiger partial charge in [-0.1, -0.05) is 36.4 Å². The Labute approximate surface area is 162 Å². The summed E-state index contributed by atoms with van der Waals surface area (Å²) in [5.74, 6) is -0.935. The van der Waals surface area contributed by atoms with Crippen LogP contribution in [0, 0.1) is 12.7 Å². The molecule has 2 aromatic carbocycles. The summed E-state index contributed by atoms with van der Waals surface area (Å²) in [7, 11) is 1.68. The van der Waals surface area contributed by atoms with Crippen LogP contribution >= 0.6 is 0 Å². The van der Waals surface area contributed by atoms with Crippen molar-refractivity contribution in [3.63, 3.8) is 0 Å². The molecule has 0 fully saturated rings. The van der Waals surface area contributed by atoms with E-state index in [0.29, 0.717) is 5.69 Å². The standard InChI is InChI=1S/C22H20FN3O2/c1-14-13-20(27)21(24-26(14)19-10-6-5-9-17(19)23)22(28)25(2)18-12-11-15-7-3-4-8-16(15)18/h3-10,13,18H,11-12H2,1-2H3/t18-/m1/s1. The first kappa shape index (κ1) is 18.1. The fourth-order valence-electron chi connectivity index (χ4n) is 3.81. The van der Waals surface area contributed by atoms with E-state index in [9.17, 15) is 14.0 Å². The third kappa shape index (κ3) is 3.01. The quantitative estimate of drug-likeness (QED) is 0.703. The van der Waals surface area contributed by atoms with E-state index in [-0.39, 0.29) is 17.4 Å². The number of hydrogen-bond acceptors (Lipinski definition) is 3. The Morgan fingerprint density at radius 3 is 2.68 bits per heavy atom. The van der Waals surface area contributed by atoms with Crippen LogP contribution in [0.4, 0.5) is 4.39 Å². The molecule has 5 nitrogen and oxygen atoms in total. The zero-order valence-corrected chi connectivity index (χ0v) is 15.7. The highest BCUT2D eigenvalue weighted by molar-refractivity contribution is 5.92. The number of rotatable bonds is 3. The van der Waals surface area contributed by atoms with Gasteiger partial charge in [-0.15, -0.1) is 0 Å². The Hall–Kier alpha value is -3.28. The molecule has 0 saturated carbocycles. The third-order valence-corrected chi connectivity index (χ3v) is 5.28. The SMILES string of the molecule is Cc1cc(=O)c(C(=O)N(C)[C@@H]2CCc3ccccc32)nn1-c1ccccc1F. The van der Waals surface area contributed by atoms with E-state index < -0.39 is 17.2 Å². The van der Waals surface area contributed by atoms with Gasteiger partial charge in [0.15, 0.2) is 5.69 Å². The van der Waals surface area contributed by atoms with Gasteiger partial charge in [0.05, 0.1) is 6.04 Å². The molecule has 4 rings (SSSR count). The molecule has 1 heterocycles. The van der Waals surface area contributed by atoms with Crippen LogP contribution in [0.15, 0.2) is 59.4 Å². The first-order valence-electron chi connectivity index (χ1n) is 9.18. The lowest BCUT2D eigenvalue weighted by atomic mass is 10.1. The fourth-order valence-corrected chi connectivity index (χ4v) is 3.81. The van der Waals surface area contributed by atoms with Gasteiger partial charge < -0.3 is 4.90 Å². The monoisotopic (exact) mass is 377 g/mol. The molecular formula is C22H20FN3O2. The van der Waals surface area contributed by atoms with E-state index in [4.69, 9.17) is 0 Å². The predicted octanol–water partition coefficient (Wildman–Crippen LogP) is 3.44. The second-order valence-electron chi connectivity index (χ2n) is 7.03. The summed E-state index contributed by atoms with van der Waals surface area (Å²) < 4.78 is 15.5. The van der Waals surface area contributed by atoms with Crippen LogP contribution in [0.1, 0.15) is 39.8 Å². The number of aromatic nitrogens is 2. The van der Waals surface area contributed by atoms with E-state index in [1.165, 1.54) is 22.4 Å². The Kier molecular flexibility index (Phi) is 4.55. The molecule has 0 bridgehead atoms. The van der Waals surface area contributed by atoms with Gasteiger partial charge >= 0.3 is 0 Å². The number of carbonyl (C=O) groups excluding carboxylic acids is 1. The summed E-state index contributed by atoms with van der Waals surface area (Å²) in [6, 6.07) is 15.4. The minimum absolute atomic E-state index is 0.104. The van der Waals surface area contributed by atoms with Crippen molar-refractivity contribution in [2.75, 3.05) is 7.05 Å². The molecular weight excluding hydrogens is 357 g/mol. The number of benzene rings is 2. The Bertz CT molecular complexity index is 1120. The number of amides is 1. The normalized spacial score (nSPS) is 15.3. The van der Waals surface area contributed by atoms with Crippen molar-refractivity contribution < 1.29 is 9.18 Å². The highest BCUT2D eigenvalue weighted by atomic mass is 19.1. The Balaban J connectivity index is 1.73. The number of fused-ring (bicyclic) bond motifs is 1. The molecule has 1 aliphatic carbocycles. The lowest BCUT2D eigenvalue weighted by Crippen LogP contribution is -2.35. The second kappa shape index (κ2) is 7.03. The molecule has 0 radical (unpaired) electrons. The Morgan fingerprint density at radius 1 is 1.18 bits per heavy atom. The smallest absolute Gasteiger partial charge is 0.278 e. The van der Waals surface area contributed by atoms with E-state index in [1.807, 2.05) is 18.2 Å². The largest absolute Gasteiger partial charge is 0.333 e. The molecule has 6 heteroatoms. The maximum absolute atomic E-state index is 14.2. The van der Waals surface area contributed by atoms with Crippen LogP contribution in [0.5, 0.6) is 0 Å². The van der Waals surface area contributed by atoms with Crippen molar-refractivity contribution in [1.29, 1.82) is 0 Å². The maximum atomic E-state index is 14.2. The summed E-state index contributed by atoms with van der Waals surface area (Å²) >= 11 is 0. The van der Waals surface area contributed by atoms with Crippen molar-refractivity contribution in [2.45, 2.75) is 25.8 Å². The molecule has 3 aromatic rings. The van der Waals surface area contributed by atoms with Crippen molar-refractivity contribution in [3.05, 3.63) is 93.2 Å². The number of carbonyl (C=O) groups is 1. The lowest BCUT2D eigenvalue weighted by molar-refractivity contribution is 0.0721. The lowest BCUT2D eigenvalue weighted by Gasteiger charge is -2.25. The first-order valence-corrected chi connectivity index (χ1v) is 9.18. The van der Waals surface area contributed by atoms with Crippen molar-refractivity contribution in [1.82, 2.24) is 14.7 Å². The van der Waals surface area contributed by atoms with Gasteiger partial charge in [-0.05, 0) is 43.0 Å². The molecule has 1 atom stereocenters. The average molecular weight is 377 g/mol. The van der Waals surface area contributed by atoms with Crippen LogP contribution in [0.25, 0.3) is 5.69 Å². The molecule has 0 N–H and O–H groups in total. The fraction of sp³-hybridized carbons (Fsp3) is 0.227. The summed E-state index contributed by atoms with van der Waals surface area (Å²) in [6.07, 6.45) is 1.69. The van der Waals surface area contributed by atoms with Gasteiger partial charge in [0.2, 0.25) is 5.43 Å². The molecule has 142 valence electrons. The van der Waals surface area contributed by atoms with Crippen molar-refractivity contribution in [3.8, 4) is 5.69 Å². The van der Waals surface area contributed by atoms with E-state index >= 15 is 0 Å². The minimum atomic E-state index is -0.474. The zero-order chi connectivity index (χ0) is 19.8. The van der Waals surface area contributed by atoms with Gasteiger partial charge in [-0.3, -0.25) is 9.59 Å². The number of para-hydroxylation sites is 1. The molecule has 1 aliphatic rings. The van der Waals surface area contributed by atoms with Crippen LogP contribution in [-0.2, 0) is 6.42 Å². The van der Waals surface area contributed by atoms with Crippen molar-refractivity contribution >= 4 is 5.91 Å². The summed E-state index contributed by atoms with van der Waals surface area (Å²) in [6.45, 7) is 1.66. The summed E-state index contributed by atoms with van der Waals surface area (Å²) in [4.78, 5) is 27.2. The van der Waals surface area contributed by atoms with Gasteiger partial charge in [0.25, 0.3) is 5.91 Å². The van der Waals surface area contributed by atoms with Gasteiger partial charge in [0.1, 0.15) is 11.5 Å². The maximum Gasteiger partial charge on any atom is 0.278 e. The van der Waals surface area contributed by atoms with Crippen LogP contribution in [0.3, 0.4) is 0 Å². The van der Waals surface area contributed by atoms with Crippen LogP contribution in [0.2, 0.25) is 0 Å². The topological polar surface area (TPSA) is 55.2 Å². The molecule has 0 saturated heterocycles. The average Bonchev–Trinajstić information content (AvgIpc) is 3.12. The molecule has 0 spiro atoms. The van der Waals surface area contributed by atoms with E-state index in [0.717, 1.165) is 18.4 Å². The second-order valence-corrected chi connectivity index (χ2v) is 7.03. The number of hydrogen-bond donors (Lipinski definition) is 0. The van der Waals surface area contributed by atoms with Crippen LogP contribution < -0.4 is 5.43 Å². The first-order chi connectivity index (χ1) is 13.5. The van der Waals surface area contributed by atoms with E-state index in [2.05, 4.69) is 11.2 Å². The molecule has 28 heavy (non-hydrogen) atoms. The molecule has 1 amide bonds. The van der Waals surface area contributed by atoms with Gasteiger partial charge in [-0.25, -0.2) is 9.07 Å². The van der Waals surface area contributed by atoms with Gasteiger partial charge in [-0.2, -0.15) is 5.10 Å². The zero-order valence-electron chi connectivity index (χ0n) is 15.7. The number of nitrogens with zero attached hydrogens (tertiary/aromatic N) is 3. The molecule has 1 aromatic heterocycles. The number of halogens is 1. The van der Waals surface area contributed by atoms with Crippen molar-refractivity contribution in [2.24, 2.45) is 0 Å². The third-order valence-electron chi connectivity index (χ3n) is 5.28. The predicted molar refractivity (Wildman–Crippen MR) is 104 cm³/mol. The number of aryl methyl sites for hydroxylation is 2. The summed E-state index contributed by atoms with van der Waals surface area (Å²) in [5, 5.41) is 4.22. The molecule has 0 unspecified atom stereocenters. The van der Waals surface area contributed by atoms with E-state index in [1.54, 1.807) is 37.1 Å².